The van der Waals surface area contributed by atoms with E-state index in [2.05, 4.69) is 62.2 Å². The molecular weight excluding hydrogens is 548 g/mol. The van der Waals surface area contributed by atoms with Gasteiger partial charge in [0.15, 0.2) is 0 Å². The van der Waals surface area contributed by atoms with Crippen molar-refractivity contribution in [3.05, 3.63) is 29.8 Å². The number of carbonyl (C=O) groups is 2. The summed E-state index contributed by atoms with van der Waals surface area (Å²) in [5.41, 5.74) is 2.09. The van der Waals surface area contributed by atoms with Crippen LogP contribution in [0.4, 0.5) is 10.5 Å². The number of anilines is 1. The lowest BCUT2D eigenvalue weighted by atomic mass is 9.81. The highest BCUT2D eigenvalue weighted by molar-refractivity contribution is 5.87. The number of benzene rings is 1. The average molecular weight is 611 g/mol. The highest BCUT2D eigenvalue weighted by Crippen LogP contribution is 2.32. The van der Waals surface area contributed by atoms with Crippen molar-refractivity contribution in [3.8, 4) is 0 Å². The number of urea groups is 1. The largest absolute Gasteiger partial charge is 0.390 e. The van der Waals surface area contributed by atoms with Gasteiger partial charge in [-0.05, 0) is 93.7 Å². The Kier molecular flexibility index (Phi) is 13.3. The van der Waals surface area contributed by atoms with Gasteiger partial charge in [-0.2, -0.15) is 0 Å². The van der Waals surface area contributed by atoms with Crippen molar-refractivity contribution in [1.29, 1.82) is 0 Å². The Morgan fingerprint density at radius 1 is 0.864 bits per heavy atom. The molecule has 1 unspecified atom stereocenters. The van der Waals surface area contributed by atoms with Crippen molar-refractivity contribution < 1.29 is 14.7 Å². The summed E-state index contributed by atoms with van der Waals surface area (Å²) in [6.07, 6.45) is 15.3. The first-order valence-electron chi connectivity index (χ1n) is 18.1. The molecular formula is C37H62N4O3. The number of hydrogen-bond acceptors (Lipinski definition) is 4. The molecule has 2 N–H and O–H groups in total. The van der Waals surface area contributed by atoms with Gasteiger partial charge >= 0.3 is 6.03 Å². The van der Waals surface area contributed by atoms with Crippen LogP contribution in [0.3, 0.4) is 0 Å². The molecule has 248 valence electrons. The van der Waals surface area contributed by atoms with Gasteiger partial charge in [0.1, 0.15) is 6.04 Å². The third-order valence-electron chi connectivity index (χ3n) is 10.3. The van der Waals surface area contributed by atoms with Gasteiger partial charge in [0.05, 0.1) is 5.60 Å². The lowest BCUT2D eigenvalue weighted by Crippen LogP contribution is -2.55. The smallest absolute Gasteiger partial charge is 0.318 e. The van der Waals surface area contributed by atoms with E-state index < -0.39 is 11.6 Å². The van der Waals surface area contributed by atoms with E-state index in [0.29, 0.717) is 24.3 Å². The van der Waals surface area contributed by atoms with Gasteiger partial charge in [0.25, 0.3) is 0 Å². The molecule has 0 bridgehead atoms. The maximum Gasteiger partial charge on any atom is 0.318 e. The van der Waals surface area contributed by atoms with Crippen molar-refractivity contribution >= 4 is 17.6 Å². The highest BCUT2D eigenvalue weighted by atomic mass is 16.3. The highest BCUT2D eigenvalue weighted by Gasteiger charge is 2.33. The van der Waals surface area contributed by atoms with Crippen molar-refractivity contribution in [2.75, 3.05) is 37.6 Å². The molecule has 7 heteroatoms. The monoisotopic (exact) mass is 610 g/mol. The van der Waals surface area contributed by atoms with Crippen LogP contribution < -0.4 is 10.2 Å². The number of carbonyl (C=O) groups excluding carboxylic acids is 2. The standard InChI is InChI=1S/C37H62N4O3/c1-29(2)17-27-41(32-14-12-31(13-15-32)16-22-37(44)20-8-7-9-21-37)33-18-25-39(26-19-33)35(42)34(28-30(3)4)38-36(43)40-23-10-5-6-11-24-40/h12-15,29-30,33-34,44H,5-11,16-28H2,1-4H3,(H,38,43). The molecule has 2 saturated heterocycles. The molecule has 1 aromatic carbocycles. The van der Waals surface area contributed by atoms with E-state index in [1.807, 2.05) is 9.80 Å². The van der Waals surface area contributed by atoms with Crippen LogP contribution >= 0.6 is 0 Å². The molecule has 3 fully saturated rings. The lowest BCUT2D eigenvalue weighted by Gasteiger charge is -2.41. The summed E-state index contributed by atoms with van der Waals surface area (Å²) in [5.74, 6) is 1.03. The van der Waals surface area contributed by atoms with Crippen LogP contribution in [-0.2, 0) is 11.2 Å². The molecule has 4 rings (SSSR count). The van der Waals surface area contributed by atoms with Gasteiger partial charge in [-0.25, -0.2) is 4.79 Å². The fourth-order valence-electron chi connectivity index (χ4n) is 7.44. The van der Waals surface area contributed by atoms with E-state index in [9.17, 15) is 14.7 Å². The van der Waals surface area contributed by atoms with Gasteiger partial charge in [0, 0.05) is 44.5 Å². The molecule has 0 radical (unpaired) electrons. The number of hydrogen-bond donors (Lipinski definition) is 2. The zero-order chi connectivity index (χ0) is 31.5. The molecule has 0 aromatic heterocycles. The van der Waals surface area contributed by atoms with Crippen LogP contribution in [0.5, 0.6) is 0 Å². The number of aryl methyl sites for hydroxylation is 1. The molecule has 2 heterocycles. The first-order chi connectivity index (χ1) is 21.1. The Hall–Kier alpha value is -2.28. The lowest BCUT2D eigenvalue weighted by molar-refractivity contribution is -0.134. The zero-order valence-corrected chi connectivity index (χ0v) is 28.4. The van der Waals surface area contributed by atoms with Gasteiger partial charge in [-0.1, -0.05) is 71.9 Å². The summed E-state index contributed by atoms with van der Waals surface area (Å²) in [5, 5.41) is 14.1. The van der Waals surface area contributed by atoms with E-state index in [4.69, 9.17) is 0 Å². The minimum atomic E-state index is -0.477. The minimum Gasteiger partial charge on any atom is -0.390 e. The predicted octanol–water partition coefficient (Wildman–Crippen LogP) is 7.16. The van der Waals surface area contributed by atoms with Gasteiger partial charge < -0.3 is 25.1 Å². The summed E-state index contributed by atoms with van der Waals surface area (Å²) in [4.78, 5) is 33.4. The first-order valence-corrected chi connectivity index (χ1v) is 18.1. The van der Waals surface area contributed by atoms with Crippen LogP contribution in [0.15, 0.2) is 24.3 Å². The van der Waals surface area contributed by atoms with E-state index in [1.165, 1.54) is 30.5 Å². The number of aliphatic hydroxyl groups is 1. The van der Waals surface area contributed by atoms with Gasteiger partial charge in [-0.15, -0.1) is 0 Å². The molecule has 1 aromatic rings. The van der Waals surface area contributed by atoms with Crippen molar-refractivity contribution in [2.24, 2.45) is 11.8 Å². The number of likely N-dealkylation sites (tertiary alicyclic amines) is 2. The molecule has 1 atom stereocenters. The van der Waals surface area contributed by atoms with Crippen LogP contribution in [0.1, 0.15) is 123 Å². The maximum atomic E-state index is 13.8. The van der Waals surface area contributed by atoms with Crippen LogP contribution in [-0.4, -0.2) is 77.3 Å². The number of rotatable bonds is 12. The maximum absolute atomic E-state index is 13.8. The Bertz CT molecular complexity index is 1000. The first kappa shape index (κ1) is 34.6. The summed E-state index contributed by atoms with van der Waals surface area (Å²) < 4.78 is 0. The number of piperidine rings is 1. The van der Waals surface area contributed by atoms with E-state index >= 15 is 0 Å². The van der Waals surface area contributed by atoms with Crippen LogP contribution in [0.25, 0.3) is 0 Å². The molecule has 3 aliphatic rings. The van der Waals surface area contributed by atoms with Crippen molar-refractivity contribution in [1.82, 2.24) is 15.1 Å². The quantitative estimate of drug-likeness (QED) is 0.263. The molecule has 1 aliphatic carbocycles. The van der Waals surface area contributed by atoms with Crippen LogP contribution in [0, 0.1) is 11.8 Å². The second-order valence-electron chi connectivity index (χ2n) is 14.9. The normalized spacial score (nSPS) is 20.4. The van der Waals surface area contributed by atoms with Crippen molar-refractivity contribution in [2.45, 2.75) is 142 Å². The Morgan fingerprint density at radius 2 is 1.48 bits per heavy atom. The number of nitrogens with zero attached hydrogens (tertiary/aromatic N) is 3. The third kappa shape index (κ3) is 10.4. The van der Waals surface area contributed by atoms with Crippen LogP contribution in [0.2, 0.25) is 0 Å². The average Bonchev–Trinajstić information content (AvgIpc) is 3.30. The summed E-state index contributed by atoms with van der Waals surface area (Å²) in [6.45, 7) is 12.9. The minimum absolute atomic E-state index is 0.0722. The second-order valence-corrected chi connectivity index (χ2v) is 14.9. The van der Waals surface area contributed by atoms with E-state index in [-0.39, 0.29) is 11.9 Å². The SMILES string of the molecule is CC(C)CCN(c1ccc(CCC2(O)CCCCC2)cc1)C1CCN(C(=O)C(CC(C)C)NC(=O)N2CCCCCC2)CC1. The zero-order valence-electron chi connectivity index (χ0n) is 28.4. The van der Waals surface area contributed by atoms with Gasteiger partial charge in [0.2, 0.25) is 5.91 Å². The van der Waals surface area contributed by atoms with Crippen molar-refractivity contribution in [3.63, 3.8) is 0 Å². The molecule has 2 aliphatic heterocycles. The predicted molar refractivity (Wildman–Crippen MR) is 181 cm³/mol. The Balaban J connectivity index is 1.35. The molecule has 44 heavy (non-hydrogen) atoms. The third-order valence-corrected chi connectivity index (χ3v) is 10.3. The van der Waals surface area contributed by atoms with Gasteiger partial charge in [-0.3, -0.25) is 4.79 Å². The molecule has 3 amide bonds. The summed E-state index contributed by atoms with van der Waals surface area (Å²) in [7, 11) is 0. The number of amides is 3. The van der Waals surface area contributed by atoms with E-state index in [0.717, 1.165) is 103 Å². The fraction of sp³-hybridized carbons (Fsp3) is 0.784. The number of nitrogens with one attached hydrogen (secondary N) is 1. The van der Waals surface area contributed by atoms with E-state index in [1.54, 1.807) is 0 Å². The fourth-order valence-corrected chi connectivity index (χ4v) is 7.44. The second kappa shape index (κ2) is 16.9. The molecule has 1 saturated carbocycles. The Morgan fingerprint density at radius 3 is 2.07 bits per heavy atom. The topological polar surface area (TPSA) is 76.1 Å². The summed E-state index contributed by atoms with van der Waals surface area (Å²) in [6, 6.07) is 8.92. The summed E-state index contributed by atoms with van der Waals surface area (Å²) >= 11 is 0. The Labute approximate surface area is 268 Å². The molecule has 7 nitrogen and oxygen atoms in total. The molecule has 0 spiro atoms.